The van der Waals surface area contributed by atoms with Crippen molar-refractivity contribution in [2.75, 3.05) is 7.11 Å². The summed E-state index contributed by atoms with van der Waals surface area (Å²) < 4.78 is 19.4. The predicted molar refractivity (Wildman–Crippen MR) is 99.3 cm³/mol. The van der Waals surface area contributed by atoms with E-state index < -0.39 is 5.97 Å². The van der Waals surface area contributed by atoms with E-state index in [2.05, 4.69) is 9.84 Å². The Morgan fingerprint density at radius 3 is 2.44 bits per heavy atom. The lowest BCUT2D eigenvalue weighted by atomic mass is 10.0. The first-order chi connectivity index (χ1) is 13.0. The van der Waals surface area contributed by atoms with Gasteiger partial charge in [-0.25, -0.2) is 13.9 Å². The van der Waals surface area contributed by atoms with Crippen molar-refractivity contribution in [1.29, 1.82) is 5.26 Å². The van der Waals surface area contributed by atoms with Crippen molar-refractivity contribution in [2.24, 2.45) is 0 Å². The molecule has 0 saturated heterocycles. The Morgan fingerprint density at radius 1 is 1.19 bits per heavy atom. The van der Waals surface area contributed by atoms with Gasteiger partial charge >= 0.3 is 5.97 Å². The maximum Gasteiger partial charge on any atom is 0.348 e. The van der Waals surface area contributed by atoms with Gasteiger partial charge in [-0.05, 0) is 37.3 Å². The summed E-state index contributed by atoms with van der Waals surface area (Å²) in [5.41, 5.74) is 3.61. The fourth-order valence-electron chi connectivity index (χ4n) is 2.56. The number of methoxy groups -OCH3 is 1. The van der Waals surface area contributed by atoms with Gasteiger partial charge in [0.15, 0.2) is 0 Å². The largest absolute Gasteiger partial charge is 0.465 e. The molecule has 0 atom stereocenters. The molecule has 0 aliphatic rings. The molecular weight excluding hydrogens is 345 g/mol. The summed E-state index contributed by atoms with van der Waals surface area (Å²) in [6.45, 7) is 1.98. The summed E-state index contributed by atoms with van der Waals surface area (Å²) in [6, 6.07) is 15.4. The molecule has 27 heavy (non-hydrogen) atoms. The molecule has 3 rings (SSSR count). The molecule has 3 aromatic rings. The predicted octanol–water partition coefficient (Wildman–Crippen LogP) is 4.07. The van der Waals surface area contributed by atoms with E-state index >= 15 is 0 Å². The molecule has 2 aromatic carbocycles. The first-order valence-electron chi connectivity index (χ1n) is 8.14. The number of carbonyl (C=O) groups excluding carboxylic acids is 1. The minimum atomic E-state index is -0.720. The maximum absolute atomic E-state index is 13.2. The molecular formula is C21H16FN3O2. The van der Waals surface area contributed by atoms with Gasteiger partial charge in [-0.2, -0.15) is 10.4 Å². The van der Waals surface area contributed by atoms with Crippen LogP contribution in [-0.4, -0.2) is 22.9 Å². The van der Waals surface area contributed by atoms with E-state index in [1.807, 2.05) is 37.3 Å². The van der Waals surface area contributed by atoms with Gasteiger partial charge < -0.3 is 4.74 Å². The van der Waals surface area contributed by atoms with Crippen LogP contribution < -0.4 is 0 Å². The van der Waals surface area contributed by atoms with Crippen LogP contribution in [0.3, 0.4) is 0 Å². The summed E-state index contributed by atoms with van der Waals surface area (Å²) >= 11 is 0. The molecule has 0 aliphatic heterocycles. The molecule has 0 N–H and O–H groups in total. The number of esters is 1. The molecule has 0 saturated carbocycles. The third kappa shape index (κ3) is 3.93. The molecule has 1 aromatic heterocycles. The number of carbonyl (C=O) groups is 1. The number of hydrogen-bond acceptors (Lipinski definition) is 4. The molecule has 5 nitrogen and oxygen atoms in total. The van der Waals surface area contributed by atoms with Crippen molar-refractivity contribution in [1.82, 2.24) is 9.78 Å². The summed E-state index contributed by atoms with van der Waals surface area (Å²) in [7, 11) is 1.22. The Hall–Kier alpha value is -3.72. The number of hydrogen-bond donors (Lipinski definition) is 0. The summed E-state index contributed by atoms with van der Waals surface area (Å²) in [5, 5.41) is 13.8. The van der Waals surface area contributed by atoms with Gasteiger partial charge in [0, 0.05) is 17.3 Å². The maximum atomic E-state index is 13.2. The van der Waals surface area contributed by atoms with Gasteiger partial charge in [-0.3, -0.25) is 0 Å². The van der Waals surface area contributed by atoms with Crippen LogP contribution in [0.5, 0.6) is 0 Å². The monoisotopic (exact) mass is 361 g/mol. The van der Waals surface area contributed by atoms with Crippen molar-refractivity contribution >= 4 is 12.0 Å². The fraction of sp³-hybridized carbons (Fsp3) is 0.0952. The minimum Gasteiger partial charge on any atom is -0.465 e. The van der Waals surface area contributed by atoms with E-state index in [0.717, 1.165) is 11.1 Å². The van der Waals surface area contributed by atoms with Gasteiger partial charge in [0.1, 0.15) is 17.5 Å². The van der Waals surface area contributed by atoms with Crippen LogP contribution >= 0.6 is 0 Å². The Labute approximate surface area is 155 Å². The highest BCUT2D eigenvalue weighted by atomic mass is 19.1. The number of benzene rings is 2. The normalized spacial score (nSPS) is 11.1. The highest BCUT2D eigenvalue weighted by molar-refractivity contribution is 5.98. The van der Waals surface area contributed by atoms with Gasteiger partial charge in [-0.15, -0.1) is 0 Å². The molecule has 0 unspecified atom stereocenters. The first kappa shape index (κ1) is 18.1. The molecule has 0 radical (unpaired) electrons. The average Bonchev–Trinajstić information content (AvgIpc) is 3.10. The second-order valence-corrected chi connectivity index (χ2v) is 5.88. The average molecular weight is 361 g/mol. The standard InChI is InChI=1S/C21H16FN3O2/c1-14-3-5-15(6-4-14)20-17(11-16(12-23)21(26)27-2)13-25(24-20)19-9-7-18(22)8-10-19/h3-11,13H,1-2H3/b16-11+. The van der Waals surface area contributed by atoms with Crippen LogP contribution in [0.15, 0.2) is 60.3 Å². The zero-order valence-electron chi connectivity index (χ0n) is 14.8. The molecule has 1 heterocycles. The van der Waals surface area contributed by atoms with Crippen LogP contribution in [0, 0.1) is 24.1 Å². The van der Waals surface area contributed by atoms with Crippen LogP contribution in [0.25, 0.3) is 23.0 Å². The zero-order chi connectivity index (χ0) is 19.4. The van der Waals surface area contributed by atoms with Gasteiger partial charge in [0.05, 0.1) is 18.5 Å². The third-order valence-electron chi connectivity index (χ3n) is 3.98. The van der Waals surface area contributed by atoms with Crippen molar-refractivity contribution in [2.45, 2.75) is 6.92 Å². The second kappa shape index (κ2) is 7.67. The highest BCUT2D eigenvalue weighted by Crippen LogP contribution is 2.26. The molecule has 134 valence electrons. The number of halogens is 1. The minimum absolute atomic E-state index is 0.135. The number of aryl methyl sites for hydroxylation is 1. The van der Waals surface area contributed by atoms with Gasteiger partial charge in [-0.1, -0.05) is 29.8 Å². The van der Waals surface area contributed by atoms with E-state index in [1.165, 1.54) is 25.3 Å². The van der Waals surface area contributed by atoms with Crippen molar-refractivity contribution < 1.29 is 13.9 Å². The number of ether oxygens (including phenoxy) is 1. The number of nitriles is 1. The summed E-state index contributed by atoms with van der Waals surface area (Å²) in [6.07, 6.45) is 3.12. The molecule has 6 heteroatoms. The SMILES string of the molecule is COC(=O)/C(C#N)=C/c1cn(-c2ccc(F)cc2)nc1-c1ccc(C)cc1. The summed E-state index contributed by atoms with van der Waals surface area (Å²) in [5.74, 6) is -1.07. The van der Waals surface area contributed by atoms with E-state index in [0.29, 0.717) is 16.9 Å². The molecule has 0 fully saturated rings. The lowest BCUT2D eigenvalue weighted by Gasteiger charge is -2.01. The molecule has 0 bridgehead atoms. The van der Waals surface area contributed by atoms with Crippen molar-refractivity contribution in [3.05, 3.63) is 77.2 Å². The third-order valence-corrected chi connectivity index (χ3v) is 3.98. The van der Waals surface area contributed by atoms with Crippen LogP contribution in [0.2, 0.25) is 0 Å². The van der Waals surface area contributed by atoms with Crippen LogP contribution in [0.1, 0.15) is 11.1 Å². The number of aromatic nitrogens is 2. The van der Waals surface area contributed by atoms with Crippen molar-refractivity contribution in [3.8, 4) is 23.0 Å². The fourth-order valence-corrected chi connectivity index (χ4v) is 2.56. The van der Waals surface area contributed by atoms with E-state index in [9.17, 15) is 14.4 Å². The Kier molecular flexibility index (Phi) is 5.13. The quantitative estimate of drug-likeness (QED) is 0.399. The number of nitrogens with zero attached hydrogens (tertiary/aromatic N) is 3. The number of rotatable bonds is 4. The lowest BCUT2D eigenvalue weighted by molar-refractivity contribution is -0.135. The van der Waals surface area contributed by atoms with Gasteiger partial charge in [0.25, 0.3) is 0 Å². The zero-order valence-corrected chi connectivity index (χ0v) is 14.8. The smallest absolute Gasteiger partial charge is 0.348 e. The van der Waals surface area contributed by atoms with Gasteiger partial charge in [0.2, 0.25) is 0 Å². The first-order valence-corrected chi connectivity index (χ1v) is 8.14. The van der Waals surface area contributed by atoms with E-state index in [-0.39, 0.29) is 11.4 Å². The summed E-state index contributed by atoms with van der Waals surface area (Å²) in [4.78, 5) is 11.8. The lowest BCUT2D eigenvalue weighted by Crippen LogP contribution is -2.02. The molecule has 0 aliphatic carbocycles. The van der Waals surface area contributed by atoms with Crippen LogP contribution in [0.4, 0.5) is 4.39 Å². The Morgan fingerprint density at radius 2 is 1.85 bits per heavy atom. The van der Waals surface area contributed by atoms with Crippen LogP contribution in [-0.2, 0) is 9.53 Å². The molecule has 0 spiro atoms. The topological polar surface area (TPSA) is 67.9 Å². The Balaban J connectivity index is 2.16. The van der Waals surface area contributed by atoms with E-state index in [1.54, 1.807) is 23.0 Å². The van der Waals surface area contributed by atoms with Crippen molar-refractivity contribution in [3.63, 3.8) is 0 Å². The van der Waals surface area contributed by atoms with E-state index in [4.69, 9.17) is 0 Å². The molecule has 0 amide bonds. The second-order valence-electron chi connectivity index (χ2n) is 5.88. The highest BCUT2D eigenvalue weighted by Gasteiger charge is 2.15. The Bertz CT molecular complexity index is 1040.